The van der Waals surface area contributed by atoms with Gasteiger partial charge in [-0.05, 0) is 61.2 Å². The third-order valence-electron chi connectivity index (χ3n) is 4.92. The molecule has 1 aromatic heterocycles. The Morgan fingerprint density at radius 3 is 2.26 bits per heavy atom. The van der Waals surface area contributed by atoms with Gasteiger partial charge in [0, 0.05) is 23.2 Å². The van der Waals surface area contributed by atoms with Gasteiger partial charge in [-0.2, -0.15) is 0 Å². The van der Waals surface area contributed by atoms with Crippen molar-refractivity contribution in [3.8, 4) is 0 Å². The summed E-state index contributed by atoms with van der Waals surface area (Å²) in [4.78, 5) is 40.0. The average Bonchev–Trinajstić information content (AvgIpc) is 3.31. The van der Waals surface area contributed by atoms with Gasteiger partial charge in [0.1, 0.15) is 5.70 Å². The van der Waals surface area contributed by atoms with E-state index in [0.29, 0.717) is 22.6 Å². The summed E-state index contributed by atoms with van der Waals surface area (Å²) in [6.45, 7) is 5.30. The number of imide groups is 1. The number of anilines is 3. The normalized spacial score (nSPS) is 13.7. The van der Waals surface area contributed by atoms with Crippen molar-refractivity contribution in [1.29, 1.82) is 0 Å². The quantitative estimate of drug-likeness (QED) is 0.573. The van der Waals surface area contributed by atoms with Crippen LogP contribution in [0.1, 0.15) is 22.9 Å². The fourth-order valence-electron chi connectivity index (χ4n) is 3.55. The third-order valence-corrected chi connectivity index (χ3v) is 5.81. The largest absolute Gasteiger partial charge is 0.350 e. The van der Waals surface area contributed by atoms with Gasteiger partial charge in [-0.15, -0.1) is 11.3 Å². The molecule has 7 heteroatoms. The highest BCUT2D eigenvalue weighted by Gasteiger charge is 2.41. The Morgan fingerprint density at radius 1 is 0.935 bits per heavy atom. The zero-order valence-electron chi connectivity index (χ0n) is 17.4. The number of thiophene rings is 1. The first-order valence-electron chi connectivity index (χ1n) is 9.74. The van der Waals surface area contributed by atoms with Crippen molar-refractivity contribution in [3.63, 3.8) is 0 Å². The van der Waals surface area contributed by atoms with Gasteiger partial charge in [0.15, 0.2) is 0 Å². The molecule has 1 aliphatic rings. The van der Waals surface area contributed by atoms with E-state index in [1.54, 1.807) is 30.3 Å². The van der Waals surface area contributed by atoms with Crippen molar-refractivity contribution >= 4 is 51.7 Å². The smallest absolute Gasteiger partial charge is 0.282 e. The fraction of sp³-hybridized carbons (Fsp3) is 0.125. The number of amides is 3. The summed E-state index contributed by atoms with van der Waals surface area (Å²) in [7, 11) is 0. The van der Waals surface area contributed by atoms with Crippen LogP contribution in [0.15, 0.2) is 65.7 Å². The predicted molar refractivity (Wildman–Crippen MR) is 124 cm³/mol. The lowest BCUT2D eigenvalue weighted by Crippen LogP contribution is -2.33. The molecule has 2 heterocycles. The third kappa shape index (κ3) is 4.00. The summed E-state index contributed by atoms with van der Waals surface area (Å²) < 4.78 is 0. The molecule has 1 aliphatic heterocycles. The summed E-state index contributed by atoms with van der Waals surface area (Å²) in [6, 6.07) is 16.3. The minimum atomic E-state index is -0.397. The van der Waals surface area contributed by atoms with E-state index in [1.165, 1.54) is 23.2 Å². The van der Waals surface area contributed by atoms with Gasteiger partial charge in [-0.25, -0.2) is 4.90 Å². The molecule has 0 aliphatic carbocycles. The highest BCUT2D eigenvalue weighted by molar-refractivity contribution is 7.11. The second kappa shape index (κ2) is 8.20. The number of rotatable bonds is 5. The maximum Gasteiger partial charge on any atom is 0.282 e. The van der Waals surface area contributed by atoms with E-state index in [9.17, 15) is 14.4 Å². The van der Waals surface area contributed by atoms with Crippen molar-refractivity contribution in [2.75, 3.05) is 15.5 Å². The molecule has 3 aromatic rings. The summed E-state index contributed by atoms with van der Waals surface area (Å²) in [5.74, 6) is -0.910. The number of nitrogens with zero attached hydrogens (tertiary/aromatic N) is 1. The Balaban J connectivity index is 1.73. The van der Waals surface area contributed by atoms with Crippen LogP contribution in [0.25, 0.3) is 5.57 Å². The van der Waals surface area contributed by atoms with Crippen LogP contribution in [0.3, 0.4) is 0 Å². The molecule has 0 bridgehead atoms. The van der Waals surface area contributed by atoms with Crippen molar-refractivity contribution in [2.24, 2.45) is 0 Å². The minimum Gasteiger partial charge on any atom is -0.350 e. The number of hydrogen-bond acceptors (Lipinski definition) is 5. The SMILES string of the molecule is CC(=O)Nc1ccc(NC2=C(c3cccs3)C(=O)N(c3ccc(C)cc3C)C2=O)cc1. The maximum absolute atomic E-state index is 13.4. The van der Waals surface area contributed by atoms with E-state index in [2.05, 4.69) is 10.6 Å². The van der Waals surface area contributed by atoms with Crippen molar-refractivity contribution < 1.29 is 14.4 Å². The first-order chi connectivity index (χ1) is 14.8. The van der Waals surface area contributed by atoms with Gasteiger partial charge in [0.2, 0.25) is 5.91 Å². The summed E-state index contributed by atoms with van der Waals surface area (Å²) in [5.41, 5.74) is 4.37. The first kappa shape index (κ1) is 20.6. The highest BCUT2D eigenvalue weighted by Crippen LogP contribution is 2.36. The zero-order chi connectivity index (χ0) is 22.1. The average molecular weight is 432 g/mol. The molecule has 6 nitrogen and oxygen atoms in total. The van der Waals surface area contributed by atoms with Crippen LogP contribution < -0.4 is 15.5 Å². The van der Waals surface area contributed by atoms with Crippen molar-refractivity contribution in [2.45, 2.75) is 20.8 Å². The lowest BCUT2D eigenvalue weighted by Gasteiger charge is -2.18. The predicted octanol–water partition coefficient (Wildman–Crippen LogP) is 4.72. The highest BCUT2D eigenvalue weighted by atomic mass is 32.1. The molecule has 0 saturated carbocycles. The van der Waals surface area contributed by atoms with Gasteiger partial charge in [0.05, 0.1) is 11.3 Å². The molecule has 0 radical (unpaired) electrons. The van der Waals surface area contributed by atoms with Crippen molar-refractivity contribution in [1.82, 2.24) is 0 Å². The van der Waals surface area contributed by atoms with Crippen LogP contribution in [0, 0.1) is 13.8 Å². The van der Waals surface area contributed by atoms with E-state index < -0.39 is 5.91 Å². The molecule has 0 spiro atoms. The Hall–Kier alpha value is -3.71. The van der Waals surface area contributed by atoms with Gasteiger partial charge in [0.25, 0.3) is 11.8 Å². The Kier molecular flexibility index (Phi) is 5.44. The van der Waals surface area contributed by atoms with E-state index in [1.807, 2.05) is 43.5 Å². The van der Waals surface area contributed by atoms with Crippen LogP contribution in [0.5, 0.6) is 0 Å². The number of carbonyl (C=O) groups is 3. The lowest BCUT2D eigenvalue weighted by atomic mass is 10.1. The zero-order valence-corrected chi connectivity index (χ0v) is 18.2. The van der Waals surface area contributed by atoms with Crippen LogP contribution >= 0.6 is 11.3 Å². The van der Waals surface area contributed by atoms with Gasteiger partial charge in [-0.1, -0.05) is 23.8 Å². The molecule has 156 valence electrons. The summed E-state index contributed by atoms with van der Waals surface area (Å²) in [6.07, 6.45) is 0. The van der Waals surface area contributed by atoms with Crippen LogP contribution in [0.4, 0.5) is 17.1 Å². The Labute approximate surface area is 184 Å². The molecule has 0 unspecified atom stereocenters. The van der Waals surface area contributed by atoms with E-state index in [4.69, 9.17) is 0 Å². The first-order valence-corrected chi connectivity index (χ1v) is 10.6. The maximum atomic E-state index is 13.4. The summed E-state index contributed by atoms with van der Waals surface area (Å²) >= 11 is 1.41. The molecule has 4 rings (SSSR count). The molecular weight excluding hydrogens is 410 g/mol. The molecule has 3 amide bonds. The van der Waals surface area contributed by atoms with Gasteiger partial charge >= 0.3 is 0 Å². The summed E-state index contributed by atoms with van der Waals surface area (Å²) in [5, 5.41) is 7.71. The van der Waals surface area contributed by atoms with Gasteiger partial charge in [-0.3, -0.25) is 14.4 Å². The van der Waals surface area contributed by atoms with Crippen LogP contribution in [-0.2, 0) is 14.4 Å². The van der Waals surface area contributed by atoms with E-state index >= 15 is 0 Å². The molecule has 31 heavy (non-hydrogen) atoms. The Morgan fingerprint density at radius 2 is 1.65 bits per heavy atom. The molecule has 0 fully saturated rings. The molecule has 0 atom stereocenters. The standard InChI is InChI=1S/C24H21N3O3S/c1-14-6-11-19(15(2)13-14)27-23(29)21(20-5-4-12-31-20)22(24(27)30)26-18-9-7-17(8-10-18)25-16(3)28/h4-13,26H,1-3H3,(H,25,28). The molecule has 2 N–H and O–H groups in total. The number of carbonyl (C=O) groups excluding carboxylic acids is 3. The molecular formula is C24H21N3O3S. The number of nitrogens with one attached hydrogen (secondary N) is 2. The van der Waals surface area contributed by atoms with Gasteiger partial charge < -0.3 is 10.6 Å². The minimum absolute atomic E-state index is 0.163. The monoisotopic (exact) mass is 431 g/mol. The number of hydrogen-bond donors (Lipinski definition) is 2. The number of aryl methyl sites for hydroxylation is 2. The number of benzene rings is 2. The molecule has 2 aromatic carbocycles. The lowest BCUT2D eigenvalue weighted by molar-refractivity contribution is -0.120. The Bertz CT molecular complexity index is 1210. The topological polar surface area (TPSA) is 78.5 Å². The van der Waals surface area contributed by atoms with Crippen LogP contribution in [-0.4, -0.2) is 17.7 Å². The van der Waals surface area contributed by atoms with Crippen LogP contribution in [0.2, 0.25) is 0 Å². The second-order valence-corrected chi connectivity index (χ2v) is 8.29. The fourth-order valence-corrected chi connectivity index (χ4v) is 4.32. The molecule has 0 saturated heterocycles. The van der Waals surface area contributed by atoms with E-state index in [0.717, 1.165) is 16.0 Å². The van der Waals surface area contributed by atoms with E-state index in [-0.39, 0.29) is 17.5 Å². The second-order valence-electron chi connectivity index (χ2n) is 7.35. The van der Waals surface area contributed by atoms with Crippen molar-refractivity contribution in [3.05, 3.63) is 81.7 Å².